The summed E-state index contributed by atoms with van der Waals surface area (Å²) in [6.45, 7) is 2.42. The molecule has 0 aliphatic rings. The number of hydrogen-bond acceptors (Lipinski definition) is 4. The van der Waals surface area contributed by atoms with E-state index in [1.165, 1.54) is 0 Å². The fourth-order valence-electron chi connectivity index (χ4n) is 1.19. The maximum Gasteiger partial charge on any atom is 0.251 e. The van der Waals surface area contributed by atoms with E-state index in [0.717, 1.165) is 0 Å². The van der Waals surface area contributed by atoms with Crippen molar-refractivity contribution in [1.29, 1.82) is 0 Å². The molecule has 0 bridgehead atoms. The van der Waals surface area contributed by atoms with Crippen molar-refractivity contribution in [2.45, 2.75) is 26.0 Å². The third kappa shape index (κ3) is 3.60. The van der Waals surface area contributed by atoms with E-state index >= 15 is 0 Å². The number of carbonyl (C=O) groups excluding carboxylic acids is 1. The van der Waals surface area contributed by atoms with Gasteiger partial charge in [0.1, 0.15) is 0 Å². The Balaban J connectivity index is 2.58. The molecule has 16 heavy (non-hydrogen) atoms. The topological polar surface area (TPSA) is 88.2 Å². The average molecular weight is 223 g/mol. The van der Waals surface area contributed by atoms with Crippen molar-refractivity contribution in [3.63, 3.8) is 0 Å². The first-order valence-corrected chi connectivity index (χ1v) is 5.28. The Morgan fingerprint density at radius 3 is 3.06 bits per heavy atom. The number of nitrogens with one attached hydrogen (secondary N) is 1. The molecule has 0 aliphatic carbocycles. The molecular formula is C11H17N3O2. The van der Waals surface area contributed by atoms with Crippen molar-refractivity contribution in [2.24, 2.45) is 5.73 Å². The van der Waals surface area contributed by atoms with Crippen LogP contribution in [-0.4, -0.2) is 28.6 Å². The number of amides is 1. The molecule has 4 N–H and O–H groups in total. The summed E-state index contributed by atoms with van der Waals surface area (Å²) in [5.74, 6) is -0.218. The van der Waals surface area contributed by atoms with E-state index in [4.69, 9.17) is 5.73 Å². The molecule has 0 radical (unpaired) electrons. The van der Waals surface area contributed by atoms with Gasteiger partial charge in [0.2, 0.25) is 0 Å². The van der Waals surface area contributed by atoms with Crippen LogP contribution in [0.2, 0.25) is 0 Å². The van der Waals surface area contributed by atoms with E-state index in [0.29, 0.717) is 24.2 Å². The monoisotopic (exact) mass is 223 g/mol. The van der Waals surface area contributed by atoms with E-state index in [1.807, 2.05) is 6.92 Å². The highest BCUT2D eigenvalue weighted by Gasteiger charge is 2.08. The number of nitrogens with two attached hydrogens (primary N) is 1. The fraction of sp³-hybridized carbons (Fsp3) is 0.455. The molecule has 0 aliphatic heterocycles. The van der Waals surface area contributed by atoms with Crippen LogP contribution in [0.25, 0.3) is 0 Å². The maximum atomic E-state index is 11.6. The minimum absolute atomic E-state index is 0.218. The largest absolute Gasteiger partial charge is 0.391 e. The highest BCUT2D eigenvalue weighted by Crippen LogP contribution is 2.01. The van der Waals surface area contributed by atoms with Crippen LogP contribution in [0.5, 0.6) is 0 Å². The van der Waals surface area contributed by atoms with Crippen molar-refractivity contribution in [3.8, 4) is 0 Å². The summed E-state index contributed by atoms with van der Waals surface area (Å²) in [5.41, 5.74) is 6.61. The fourth-order valence-corrected chi connectivity index (χ4v) is 1.19. The molecule has 1 aromatic rings. The van der Waals surface area contributed by atoms with Crippen LogP contribution in [0.15, 0.2) is 18.3 Å². The van der Waals surface area contributed by atoms with Crippen LogP contribution in [0.3, 0.4) is 0 Å². The molecule has 5 heteroatoms. The lowest BCUT2D eigenvalue weighted by Crippen LogP contribution is -2.31. The van der Waals surface area contributed by atoms with Gasteiger partial charge >= 0.3 is 0 Å². The summed E-state index contributed by atoms with van der Waals surface area (Å²) in [6, 6.07) is 3.26. The van der Waals surface area contributed by atoms with Gasteiger partial charge in [-0.25, -0.2) is 0 Å². The third-order valence-electron chi connectivity index (χ3n) is 2.26. The van der Waals surface area contributed by atoms with Crippen LogP contribution in [0.4, 0.5) is 0 Å². The zero-order valence-corrected chi connectivity index (χ0v) is 9.31. The Labute approximate surface area is 94.7 Å². The van der Waals surface area contributed by atoms with E-state index < -0.39 is 6.10 Å². The number of nitrogens with zero attached hydrogens (tertiary/aromatic N) is 1. The van der Waals surface area contributed by atoms with Crippen LogP contribution in [-0.2, 0) is 6.54 Å². The van der Waals surface area contributed by atoms with Crippen molar-refractivity contribution in [1.82, 2.24) is 10.3 Å². The van der Waals surface area contributed by atoms with Gasteiger partial charge in [0.15, 0.2) is 0 Å². The van der Waals surface area contributed by atoms with Crippen molar-refractivity contribution >= 4 is 5.91 Å². The van der Waals surface area contributed by atoms with Gasteiger partial charge in [-0.1, -0.05) is 6.92 Å². The molecule has 1 aromatic heterocycles. The molecule has 1 unspecified atom stereocenters. The number of hydrogen-bond donors (Lipinski definition) is 3. The lowest BCUT2D eigenvalue weighted by Gasteiger charge is -2.09. The Morgan fingerprint density at radius 2 is 2.44 bits per heavy atom. The summed E-state index contributed by atoms with van der Waals surface area (Å²) in [7, 11) is 0. The van der Waals surface area contributed by atoms with Gasteiger partial charge in [-0.2, -0.15) is 0 Å². The zero-order chi connectivity index (χ0) is 12.0. The molecule has 1 amide bonds. The van der Waals surface area contributed by atoms with E-state index in [2.05, 4.69) is 10.3 Å². The first-order chi connectivity index (χ1) is 7.67. The predicted octanol–water partition coefficient (Wildman–Crippen LogP) is 0.0410. The van der Waals surface area contributed by atoms with Gasteiger partial charge in [0.25, 0.3) is 5.91 Å². The Bertz CT molecular complexity index is 355. The Hall–Kier alpha value is -1.46. The molecule has 88 valence electrons. The molecule has 1 heterocycles. The zero-order valence-electron chi connectivity index (χ0n) is 9.31. The van der Waals surface area contributed by atoms with Gasteiger partial charge in [0, 0.05) is 24.8 Å². The van der Waals surface area contributed by atoms with Crippen molar-refractivity contribution < 1.29 is 9.90 Å². The van der Waals surface area contributed by atoms with Crippen LogP contribution in [0.1, 0.15) is 29.4 Å². The molecule has 0 aromatic carbocycles. The quantitative estimate of drug-likeness (QED) is 0.657. The minimum Gasteiger partial charge on any atom is -0.391 e. The summed E-state index contributed by atoms with van der Waals surface area (Å²) in [6.07, 6.45) is 1.66. The maximum absolute atomic E-state index is 11.6. The van der Waals surface area contributed by atoms with Gasteiger partial charge < -0.3 is 16.2 Å². The summed E-state index contributed by atoms with van der Waals surface area (Å²) < 4.78 is 0. The number of aromatic nitrogens is 1. The lowest BCUT2D eigenvalue weighted by molar-refractivity contribution is 0.0913. The second kappa shape index (κ2) is 6.19. The minimum atomic E-state index is -0.500. The smallest absolute Gasteiger partial charge is 0.251 e. The predicted molar refractivity (Wildman–Crippen MR) is 60.8 cm³/mol. The first kappa shape index (κ1) is 12.6. The van der Waals surface area contributed by atoms with E-state index in [-0.39, 0.29) is 12.5 Å². The van der Waals surface area contributed by atoms with Crippen LogP contribution in [0, 0.1) is 0 Å². The normalized spacial score (nSPS) is 12.2. The van der Waals surface area contributed by atoms with Gasteiger partial charge in [-0.3, -0.25) is 9.78 Å². The number of aliphatic hydroxyl groups is 1. The highest BCUT2D eigenvalue weighted by molar-refractivity contribution is 5.94. The standard InChI is InChI=1S/C11H17N3O2/c1-2-10(15)7-14-11(16)8-3-4-13-9(5-8)6-12/h3-5,10,15H,2,6-7,12H2,1H3,(H,14,16). The summed E-state index contributed by atoms with van der Waals surface area (Å²) in [5, 5.41) is 12.0. The second-order valence-electron chi connectivity index (χ2n) is 3.51. The van der Waals surface area contributed by atoms with Crippen LogP contribution < -0.4 is 11.1 Å². The van der Waals surface area contributed by atoms with Gasteiger partial charge in [-0.15, -0.1) is 0 Å². The van der Waals surface area contributed by atoms with E-state index in [1.54, 1.807) is 18.3 Å². The highest BCUT2D eigenvalue weighted by atomic mass is 16.3. The molecule has 0 saturated carbocycles. The molecule has 5 nitrogen and oxygen atoms in total. The molecule has 1 rings (SSSR count). The Kier molecular flexibility index (Phi) is 4.88. The molecule has 0 saturated heterocycles. The van der Waals surface area contributed by atoms with Gasteiger partial charge in [0.05, 0.1) is 11.8 Å². The molecular weight excluding hydrogens is 206 g/mol. The third-order valence-corrected chi connectivity index (χ3v) is 2.26. The molecule has 0 spiro atoms. The lowest BCUT2D eigenvalue weighted by atomic mass is 10.2. The molecule has 0 fully saturated rings. The van der Waals surface area contributed by atoms with Gasteiger partial charge in [-0.05, 0) is 18.6 Å². The number of pyridine rings is 1. The van der Waals surface area contributed by atoms with Crippen molar-refractivity contribution in [3.05, 3.63) is 29.6 Å². The molecule has 1 atom stereocenters. The van der Waals surface area contributed by atoms with Crippen molar-refractivity contribution in [2.75, 3.05) is 6.54 Å². The number of aliphatic hydroxyl groups excluding tert-OH is 1. The summed E-state index contributed by atoms with van der Waals surface area (Å²) in [4.78, 5) is 15.6. The summed E-state index contributed by atoms with van der Waals surface area (Å²) >= 11 is 0. The number of rotatable bonds is 5. The SMILES string of the molecule is CCC(O)CNC(=O)c1ccnc(CN)c1. The second-order valence-corrected chi connectivity index (χ2v) is 3.51. The number of carbonyl (C=O) groups is 1. The average Bonchev–Trinajstić information content (AvgIpc) is 2.35. The Morgan fingerprint density at radius 1 is 1.69 bits per heavy atom. The van der Waals surface area contributed by atoms with Crippen LogP contribution >= 0.6 is 0 Å². The first-order valence-electron chi connectivity index (χ1n) is 5.28. The van der Waals surface area contributed by atoms with E-state index in [9.17, 15) is 9.90 Å².